The van der Waals surface area contributed by atoms with Crippen LogP contribution >= 0.6 is 23.5 Å². The zero-order valence-corrected chi connectivity index (χ0v) is 21.7. The van der Waals surface area contributed by atoms with Crippen molar-refractivity contribution in [1.82, 2.24) is 4.90 Å². The lowest BCUT2D eigenvalue weighted by molar-refractivity contribution is -0.387. The van der Waals surface area contributed by atoms with Crippen molar-refractivity contribution in [2.24, 2.45) is 0 Å². The van der Waals surface area contributed by atoms with Gasteiger partial charge in [0.1, 0.15) is 6.54 Å². The van der Waals surface area contributed by atoms with Crippen molar-refractivity contribution in [3.05, 3.63) is 98.4 Å². The Bertz CT molecular complexity index is 1400. The summed E-state index contributed by atoms with van der Waals surface area (Å²) in [6.45, 7) is 3.56. The van der Waals surface area contributed by atoms with Crippen LogP contribution in [0.15, 0.2) is 81.4 Å². The standard InChI is InChI=1S/C27H23N3O5S2/c1-3-18-6-9-20(10-7-18)28-25(31)16-29-26(32)24(37-27(29)33)15-19-8-13-23(22(14-19)30(34)35)36-21-11-4-17(2)5-12-21/h4-15H,3,16H2,1-2H3,(H,28,31)/b24-15-. The molecule has 1 heterocycles. The van der Waals surface area contributed by atoms with Crippen LogP contribution in [0.4, 0.5) is 16.2 Å². The first-order chi connectivity index (χ1) is 17.7. The molecule has 3 amide bonds. The predicted molar refractivity (Wildman–Crippen MR) is 146 cm³/mol. The van der Waals surface area contributed by atoms with Gasteiger partial charge < -0.3 is 5.32 Å². The van der Waals surface area contributed by atoms with E-state index in [0.717, 1.165) is 27.3 Å². The molecular formula is C27H23N3O5S2. The van der Waals surface area contributed by atoms with Gasteiger partial charge in [0, 0.05) is 16.6 Å². The van der Waals surface area contributed by atoms with Crippen molar-refractivity contribution in [2.45, 2.75) is 30.1 Å². The lowest BCUT2D eigenvalue weighted by atomic mass is 10.1. The van der Waals surface area contributed by atoms with Gasteiger partial charge in [-0.05, 0) is 72.6 Å². The summed E-state index contributed by atoms with van der Waals surface area (Å²) in [6, 6.07) is 19.6. The van der Waals surface area contributed by atoms with Gasteiger partial charge in [-0.25, -0.2) is 0 Å². The van der Waals surface area contributed by atoms with Gasteiger partial charge in [-0.1, -0.05) is 54.6 Å². The van der Waals surface area contributed by atoms with Gasteiger partial charge in [0.2, 0.25) is 5.91 Å². The van der Waals surface area contributed by atoms with Crippen LogP contribution in [0.2, 0.25) is 0 Å². The number of carbonyl (C=O) groups is 3. The summed E-state index contributed by atoms with van der Waals surface area (Å²) in [5, 5.41) is 13.8. The van der Waals surface area contributed by atoms with Gasteiger partial charge in [0.25, 0.3) is 16.8 Å². The monoisotopic (exact) mass is 533 g/mol. The smallest absolute Gasteiger partial charge is 0.294 e. The second-order valence-corrected chi connectivity index (χ2v) is 10.4. The molecule has 3 aromatic carbocycles. The highest BCUT2D eigenvalue weighted by Gasteiger charge is 2.36. The van der Waals surface area contributed by atoms with Crippen LogP contribution in [0.5, 0.6) is 0 Å². The normalized spacial score (nSPS) is 14.3. The number of rotatable bonds is 8. The SMILES string of the molecule is CCc1ccc(NC(=O)CN2C(=O)S/C(=C\c3ccc(Sc4ccc(C)cc4)c([N+](=O)[O-])c3)C2=O)cc1. The number of amides is 3. The molecule has 0 aliphatic carbocycles. The summed E-state index contributed by atoms with van der Waals surface area (Å²) in [5.41, 5.74) is 3.08. The molecule has 10 heteroatoms. The quantitative estimate of drug-likeness (QED) is 0.206. The molecule has 1 N–H and O–H groups in total. The number of nitro groups is 1. The first kappa shape index (κ1) is 26.2. The largest absolute Gasteiger partial charge is 0.325 e. The third-order valence-electron chi connectivity index (χ3n) is 5.55. The molecule has 4 rings (SSSR count). The Hall–Kier alpha value is -3.89. The van der Waals surface area contributed by atoms with E-state index in [1.807, 2.05) is 50.2 Å². The van der Waals surface area contributed by atoms with Crippen molar-refractivity contribution < 1.29 is 19.3 Å². The van der Waals surface area contributed by atoms with E-state index in [1.54, 1.807) is 24.3 Å². The maximum absolute atomic E-state index is 12.8. The van der Waals surface area contributed by atoms with Gasteiger partial charge in [-0.3, -0.25) is 29.4 Å². The van der Waals surface area contributed by atoms with E-state index in [-0.39, 0.29) is 10.6 Å². The van der Waals surface area contributed by atoms with Crippen LogP contribution in [0.1, 0.15) is 23.6 Å². The first-order valence-corrected chi connectivity index (χ1v) is 13.0. The van der Waals surface area contributed by atoms with Gasteiger partial charge >= 0.3 is 0 Å². The number of imide groups is 1. The number of aryl methyl sites for hydroxylation is 2. The number of nitro benzene ring substituents is 1. The molecule has 0 saturated carbocycles. The Morgan fingerprint density at radius 2 is 1.78 bits per heavy atom. The summed E-state index contributed by atoms with van der Waals surface area (Å²) in [7, 11) is 0. The maximum atomic E-state index is 12.8. The molecule has 1 fully saturated rings. The lowest BCUT2D eigenvalue weighted by Crippen LogP contribution is -2.36. The molecule has 188 valence electrons. The van der Waals surface area contributed by atoms with Gasteiger partial charge in [-0.15, -0.1) is 0 Å². The van der Waals surface area contributed by atoms with Crippen LogP contribution in [-0.4, -0.2) is 33.4 Å². The van der Waals surface area contributed by atoms with E-state index in [1.165, 1.54) is 23.9 Å². The van der Waals surface area contributed by atoms with Crippen molar-refractivity contribution in [3.8, 4) is 0 Å². The lowest BCUT2D eigenvalue weighted by Gasteiger charge is -2.12. The minimum atomic E-state index is -0.618. The Balaban J connectivity index is 1.47. The highest BCUT2D eigenvalue weighted by atomic mass is 32.2. The molecule has 0 bridgehead atoms. The van der Waals surface area contributed by atoms with E-state index < -0.39 is 28.5 Å². The molecule has 0 spiro atoms. The first-order valence-electron chi connectivity index (χ1n) is 11.4. The van der Waals surface area contributed by atoms with E-state index in [9.17, 15) is 24.5 Å². The van der Waals surface area contributed by atoms with Gasteiger partial charge in [-0.2, -0.15) is 0 Å². The molecule has 1 saturated heterocycles. The van der Waals surface area contributed by atoms with Gasteiger partial charge in [0.15, 0.2) is 0 Å². The third-order valence-corrected chi connectivity index (χ3v) is 7.53. The number of benzene rings is 3. The molecule has 1 aliphatic rings. The maximum Gasteiger partial charge on any atom is 0.294 e. The van der Waals surface area contributed by atoms with E-state index in [2.05, 4.69) is 5.32 Å². The number of hydrogen-bond acceptors (Lipinski definition) is 7. The minimum Gasteiger partial charge on any atom is -0.325 e. The second-order valence-electron chi connectivity index (χ2n) is 8.27. The van der Waals surface area contributed by atoms with E-state index >= 15 is 0 Å². The van der Waals surface area contributed by atoms with Crippen LogP contribution in [0.3, 0.4) is 0 Å². The summed E-state index contributed by atoms with van der Waals surface area (Å²) in [5.74, 6) is -1.12. The summed E-state index contributed by atoms with van der Waals surface area (Å²) in [4.78, 5) is 51.3. The van der Waals surface area contributed by atoms with Crippen LogP contribution in [0.25, 0.3) is 6.08 Å². The Morgan fingerprint density at radius 1 is 1.08 bits per heavy atom. The molecule has 0 unspecified atom stereocenters. The van der Waals surface area contributed by atoms with Crippen LogP contribution in [-0.2, 0) is 16.0 Å². The highest BCUT2D eigenvalue weighted by molar-refractivity contribution is 8.18. The zero-order chi connectivity index (χ0) is 26.5. The fourth-order valence-corrected chi connectivity index (χ4v) is 5.28. The van der Waals surface area contributed by atoms with Crippen LogP contribution in [0, 0.1) is 17.0 Å². The summed E-state index contributed by atoms with van der Waals surface area (Å²) in [6.07, 6.45) is 2.30. The molecule has 8 nitrogen and oxygen atoms in total. The Kier molecular flexibility index (Phi) is 8.10. The predicted octanol–water partition coefficient (Wildman–Crippen LogP) is 6.29. The Labute approximate surface area is 222 Å². The number of anilines is 1. The molecule has 1 aliphatic heterocycles. The molecule has 0 radical (unpaired) electrons. The van der Waals surface area contributed by atoms with Crippen molar-refractivity contribution in [3.63, 3.8) is 0 Å². The van der Waals surface area contributed by atoms with E-state index in [4.69, 9.17) is 0 Å². The van der Waals surface area contributed by atoms with Crippen molar-refractivity contribution in [1.29, 1.82) is 0 Å². The molecule has 37 heavy (non-hydrogen) atoms. The average Bonchev–Trinajstić information content (AvgIpc) is 3.13. The third kappa shape index (κ3) is 6.46. The molecule has 3 aromatic rings. The molecular weight excluding hydrogens is 510 g/mol. The summed E-state index contributed by atoms with van der Waals surface area (Å²) < 4.78 is 0. The topological polar surface area (TPSA) is 110 Å². The minimum absolute atomic E-state index is 0.0957. The van der Waals surface area contributed by atoms with Crippen molar-refractivity contribution in [2.75, 3.05) is 11.9 Å². The zero-order valence-electron chi connectivity index (χ0n) is 20.1. The number of thioether (sulfide) groups is 1. The number of nitrogens with zero attached hydrogens (tertiary/aromatic N) is 2. The fourth-order valence-electron chi connectivity index (χ4n) is 3.54. The molecule has 0 atom stereocenters. The molecule has 0 aromatic heterocycles. The number of nitrogens with one attached hydrogen (secondary N) is 1. The second kappa shape index (κ2) is 11.4. The Morgan fingerprint density at radius 3 is 2.43 bits per heavy atom. The average molecular weight is 534 g/mol. The number of carbonyl (C=O) groups excluding carboxylic acids is 3. The van der Waals surface area contributed by atoms with Crippen LogP contribution < -0.4 is 5.32 Å². The van der Waals surface area contributed by atoms with Gasteiger partial charge in [0.05, 0.1) is 14.7 Å². The number of hydrogen-bond donors (Lipinski definition) is 1. The van der Waals surface area contributed by atoms with E-state index in [0.29, 0.717) is 27.9 Å². The fraction of sp³-hybridized carbons (Fsp3) is 0.148. The van der Waals surface area contributed by atoms with Crippen molar-refractivity contribution >= 4 is 58.0 Å². The summed E-state index contributed by atoms with van der Waals surface area (Å²) >= 11 is 1.97. The highest BCUT2D eigenvalue weighted by Crippen LogP contribution is 2.37.